The molecule has 1 aliphatic heterocycles. The predicted molar refractivity (Wildman–Crippen MR) is 104 cm³/mol. The quantitative estimate of drug-likeness (QED) is 0.707. The fourth-order valence-corrected chi connectivity index (χ4v) is 3.50. The molecule has 1 aliphatic rings. The fourth-order valence-electron chi connectivity index (χ4n) is 3.50. The van der Waals surface area contributed by atoms with Crippen molar-refractivity contribution in [3.63, 3.8) is 0 Å². The Hall–Kier alpha value is -3.15. The van der Waals surface area contributed by atoms with Gasteiger partial charge in [0.2, 0.25) is 0 Å². The number of aryl methyl sites for hydroxylation is 1. The van der Waals surface area contributed by atoms with Crippen LogP contribution in [0.15, 0.2) is 48.8 Å². The lowest BCUT2D eigenvalue weighted by atomic mass is 10.0. The van der Waals surface area contributed by atoms with Crippen LogP contribution in [-0.2, 0) is 0 Å². The van der Waals surface area contributed by atoms with Crippen LogP contribution in [0.3, 0.4) is 0 Å². The molecule has 6 heteroatoms. The van der Waals surface area contributed by atoms with E-state index in [1.807, 2.05) is 59.8 Å². The minimum absolute atomic E-state index is 0.0424. The van der Waals surface area contributed by atoms with E-state index in [1.54, 1.807) is 12.4 Å². The SMILES string of the molecule is CCOc1ccc(N2C[C@H](C)n3ncc(-c4ccnc(C)c4)c3C2=O)cc1. The second kappa shape index (κ2) is 6.87. The highest BCUT2D eigenvalue weighted by molar-refractivity contribution is 6.09. The molecule has 0 N–H and O–H groups in total. The Kier molecular flexibility index (Phi) is 4.39. The van der Waals surface area contributed by atoms with Gasteiger partial charge in [0.05, 0.1) is 18.8 Å². The summed E-state index contributed by atoms with van der Waals surface area (Å²) in [5, 5.41) is 4.49. The summed E-state index contributed by atoms with van der Waals surface area (Å²) in [6, 6.07) is 11.6. The first kappa shape index (κ1) is 17.3. The molecule has 0 fully saturated rings. The van der Waals surface area contributed by atoms with Crippen molar-refractivity contribution < 1.29 is 9.53 Å². The molecule has 27 heavy (non-hydrogen) atoms. The molecule has 1 atom stereocenters. The summed E-state index contributed by atoms with van der Waals surface area (Å²) >= 11 is 0. The molecule has 6 nitrogen and oxygen atoms in total. The molecule has 4 rings (SSSR count). The zero-order chi connectivity index (χ0) is 19.0. The van der Waals surface area contributed by atoms with Gasteiger partial charge in [-0.2, -0.15) is 5.10 Å². The standard InChI is InChI=1S/C21H22N4O2/c1-4-27-18-7-5-17(6-8-18)24-13-15(3)25-20(21(24)26)19(12-23-25)16-9-10-22-14(2)11-16/h5-12,15H,4,13H2,1-3H3/t15-/m0/s1. The summed E-state index contributed by atoms with van der Waals surface area (Å²) in [4.78, 5) is 19.4. The molecule has 1 amide bonds. The van der Waals surface area contributed by atoms with Crippen LogP contribution in [0.4, 0.5) is 5.69 Å². The number of carbonyl (C=O) groups excluding carboxylic acids is 1. The number of rotatable bonds is 4. The Morgan fingerprint density at radius 2 is 2.00 bits per heavy atom. The summed E-state index contributed by atoms with van der Waals surface area (Å²) in [7, 11) is 0. The van der Waals surface area contributed by atoms with Gasteiger partial charge in [-0.1, -0.05) is 0 Å². The number of amides is 1. The Morgan fingerprint density at radius 1 is 1.22 bits per heavy atom. The molecular formula is C21H22N4O2. The summed E-state index contributed by atoms with van der Waals surface area (Å²) in [5.41, 5.74) is 4.19. The van der Waals surface area contributed by atoms with Crippen molar-refractivity contribution in [3.8, 4) is 16.9 Å². The highest BCUT2D eigenvalue weighted by atomic mass is 16.5. The van der Waals surface area contributed by atoms with E-state index < -0.39 is 0 Å². The van der Waals surface area contributed by atoms with Gasteiger partial charge >= 0.3 is 0 Å². The number of hydrogen-bond donors (Lipinski definition) is 0. The lowest BCUT2D eigenvalue weighted by Crippen LogP contribution is -2.42. The summed E-state index contributed by atoms with van der Waals surface area (Å²) in [5.74, 6) is 0.760. The van der Waals surface area contributed by atoms with Crippen LogP contribution in [0, 0.1) is 6.92 Å². The highest BCUT2D eigenvalue weighted by Gasteiger charge is 2.33. The van der Waals surface area contributed by atoms with E-state index in [1.165, 1.54) is 0 Å². The minimum atomic E-state index is -0.0424. The number of fused-ring (bicyclic) bond motifs is 1. The fraction of sp³-hybridized carbons (Fsp3) is 0.286. The van der Waals surface area contributed by atoms with Crippen molar-refractivity contribution in [2.75, 3.05) is 18.1 Å². The van der Waals surface area contributed by atoms with Crippen LogP contribution in [0.2, 0.25) is 0 Å². The average molecular weight is 362 g/mol. The van der Waals surface area contributed by atoms with E-state index in [0.29, 0.717) is 18.8 Å². The second-order valence-corrected chi connectivity index (χ2v) is 6.73. The predicted octanol–water partition coefficient (Wildman–Crippen LogP) is 3.87. The van der Waals surface area contributed by atoms with Crippen molar-refractivity contribution in [1.82, 2.24) is 14.8 Å². The normalized spacial score (nSPS) is 16.3. The van der Waals surface area contributed by atoms with Crippen molar-refractivity contribution in [3.05, 3.63) is 60.2 Å². The van der Waals surface area contributed by atoms with Gasteiger partial charge in [-0.05, 0) is 62.7 Å². The summed E-state index contributed by atoms with van der Waals surface area (Å²) < 4.78 is 7.34. The van der Waals surface area contributed by atoms with E-state index in [9.17, 15) is 4.79 Å². The Morgan fingerprint density at radius 3 is 2.70 bits per heavy atom. The smallest absolute Gasteiger partial charge is 0.277 e. The van der Waals surface area contributed by atoms with E-state index in [-0.39, 0.29) is 11.9 Å². The number of benzene rings is 1. The molecule has 0 saturated carbocycles. The molecule has 2 aromatic heterocycles. The minimum Gasteiger partial charge on any atom is -0.494 e. The first-order valence-corrected chi connectivity index (χ1v) is 9.13. The number of carbonyl (C=O) groups is 1. The lowest BCUT2D eigenvalue weighted by molar-refractivity contribution is 0.0954. The van der Waals surface area contributed by atoms with E-state index >= 15 is 0 Å². The Labute approximate surface area is 158 Å². The maximum Gasteiger partial charge on any atom is 0.277 e. The van der Waals surface area contributed by atoms with Crippen LogP contribution in [-0.4, -0.2) is 33.8 Å². The zero-order valence-electron chi connectivity index (χ0n) is 15.7. The van der Waals surface area contributed by atoms with Crippen molar-refractivity contribution in [2.45, 2.75) is 26.8 Å². The maximum absolute atomic E-state index is 13.3. The Bertz CT molecular complexity index is 978. The monoisotopic (exact) mass is 362 g/mol. The molecule has 0 spiro atoms. The molecule has 3 heterocycles. The molecule has 0 unspecified atom stereocenters. The third kappa shape index (κ3) is 3.07. The van der Waals surface area contributed by atoms with Crippen LogP contribution in [0.1, 0.15) is 36.1 Å². The molecule has 138 valence electrons. The molecule has 0 bridgehead atoms. The summed E-state index contributed by atoms with van der Waals surface area (Å²) in [6.45, 7) is 7.17. The van der Waals surface area contributed by atoms with Crippen LogP contribution < -0.4 is 9.64 Å². The van der Waals surface area contributed by atoms with Gasteiger partial charge in [0, 0.05) is 29.7 Å². The zero-order valence-corrected chi connectivity index (χ0v) is 15.7. The van der Waals surface area contributed by atoms with Gasteiger partial charge in [0.15, 0.2) is 0 Å². The summed E-state index contributed by atoms with van der Waals surface area (Å²) in [6.07, 6.45) is 3.54. The van der Waals surface area contributed by atoms with Crippen LogP contribution >= 0.6 is 0 Å². The van der Waals surface area contributed by atoms with E-state index in [4.69, 9.17) is 4.74 Å². The molecule has 3 aromatic rings. The van der Waals surface area contributed by atoms with Gasteiger partial charge in [-0.25, -0.2) is 0 Å². The van der Waals surface area contributed by atoms with Crippen LogP contribution in [0.5, 0.6) is 5.75 Å². The molecule has 1 aromatic carbocycles. The first-order valence-electron chi connectivity index (χ1n) is 9.13. The number of anilines is 1. The maximum atomic E-state index is 13.3. The molecular weight excluding hydrogens is 340 g/mol. The largest absolute Gasteiger partial charge is 0.494 e. The van der Waals surface area contributed by atoms with Crippen molar-refractivity contribution >= 4 is 11.6 Å². The molecule has 0 saturated heterocycles. The number of pyridine rings is 1. The lowest BCUT2D eigenvalue weighted by Gasteiger charge is -2.32. The van der Waals surface area contributed by atoms with E-state index in [0.717, 1.165) is 28.3 Å². The molecule has 0 radical (unpaired) electrons. The number of nitrogens with zero attached hydrogens (tertiary/aromatic N) is 4. The van der Waals surface area contributed by atoms with Gasteiger partial charge in [0.1, 0.15) is 11.4 Å². The average Bonchev–Trinajstić information content (AvgIpc) is 3.12. The Balaban J connectivity index is 1.73. The second-order valence-electron chi connectivity index (χ2n) is 6.73. The topological polar surface area (TPSA) is 60.2 Å². The van der Waals surface area contributed by atoms with Gasteiger partial charge < -0.3 is 9.64 Å². The number of hydrogen-bond acceptors (Lipinski definition) is 4. The highest BCUT2D eigenvalue weighted by Crippen LogP contribution is 2.33. The molecule has 0 aliphatic carbocycles. The third-order valence-electron chi connectivity index (χ3n) is 4.77. The van der Waals surface area contributed by atoms with Gasteiger partial charge in [0.25, 0.3) is 5.91 Å². The number of ether oxygens (including phenoxy) is 1. The van der Waals surface area contributed by atoms with Gasteiger partial charge in [-0.15, -0.1) is 0 Å². The third-order valence-corrected chi connectivity index (χ3v) is 4.77. The van der Waals surface area contributed by atoms with Gasteiger partial charge in [-0.3, -0.25) is 14.5 Å². The van der Waals surface area contributed by atoms with Crippen molar-refractivity contribution in [1.29, 1.82) is 0 Å². The van der Waals surface area contributed by atoms with E-state index in [2.05, 4.69) is 17.0 Å². The van der Waals surface area contributed by atoms with Crippen LogP contribution in [0.25, 0.3) is 11.1 Å². The van der Waals surface area contributed by atoms with Crippen molar-refractivity contribution in [2.24, 2.45) is 0 Å². The number of aromatic nitrogens is 3. The first-order chi connectivity index (χ1) is 13.1.